The van der Waals surface area contributed by atoms with E-state index in [4.69, 9.17) is 44.9 Å². The summed E-state index contributed by atoms with van der Waals surface area (Å²) in [4.78, 5) is 14.8. The van der Waals surface area contributed by atoms with Crippen molar-refractivity contribution in [3.05, 3.63) is 61.7 Å². The van der Waals surface area contributed by atoms with Crippen LogP contribution < -0.4 is 14.8 Å². The first kappa shape index (κ1) is 24.3. The second kappa shape index (κ2) is 10.6. The van der Waals surface area contributed by atoms with Crippen LogP contribution >= 0.6 is 51.3 Å². The molecule has 174 valence electrons. The van der Waals surface area contributed by atoms with Gasteiger partial charge in [0.2, 0.25) is 0 Å². The van der Waals surface area contributed by atoms with Crippen molar-refractivity contribution in [3.63, 3.8) is 0 Å². The number of halogens is 3. The zero-order chi connectivity index (χ0) is 23.5. The number of amides is 1. The topological polar surface area (TPSA) is 50.8 Å². The van der Waals surface area contributed by atoms with Crippen LogP contribution in [0, 0.1) is 0 Å². The lowest BCUT2D eigenvalue weighted by atomic mass is 9.94. The summed E-state index contributed by atoms with van der Waals surface area (Å²) in [5, 5.41) is 4.53. The van der Waals surface area contributed by atoms with Crippen LogP contribution in [-0.4, -0.2) is 29.1 Å². The molecule has 1 aliphatic carbocycles. The standard InChI is InChI=1S/C24H23BrCl2N2O3S/c1-31-21-12-15(9-17(25)22(21)32-13-14-7-8-18(26)19(27)10-14)11-20-23(30)29(24(33)28-20)16-5-3-2-4-6-16/h7-12,16H,2-6,13H2,1H3,(H,28,33)/b20-11-. The molecule has 2 aromatic rings. The fraction of sp³-hybridized carbons (Fsp3) is 0.333. The molecule has 5 nitrogen and oxygen atoms in total. The first-order valence-electron chi connectivity index (χ1n) is 10.7. The van der Waals surface area contributed by atoms with Crippen molar-refractivity contribution in [1.82, 2.24) is 10.2 Å². The van der Waals surface area contributed by atoms with Gasteiger partial charge in [-0.25, -0.2) is 0 Å². The molecule has 1 amide bonds. The number of hydrogen-bond donors (Lipinski definition) is 1. The number of benzene rings is 2. The molecule has 9 heteroatoms. The van der Waals surface area contributed by atoms with Gasteiger partial charge < -0.3 is 14.8 Å². The third-order valence-electron chi connectivity index (χ3n) is 5.78. The van der Waals surface area contributed by atoms with E-state index < -0.39 is 0 Å². The van der Waals surface area contributed by atoms with Crippen LogP contribution in [0.1, 0.15) is 43.2 Å². The molecule has 0 aromatic heterocycles. The summed E-state index contributed by atoms with van der Waals surface area (Å²) in [6, 6.07) is 9.23. The normalized spacial score (nSPS) is 18.1. The summed E-state index contributed by atoms with van der Waals surface area (Å²) in [5.74, 6) is 1.01. The van der Waals surface area contributed by atoms with Gasteiger partial charge in [-0.15, -0.1) is 0 Å². The highest BCUT2D eigenvalue weighted by Crippen LogP contribution is 2.38. The van der Waals surface area contributed by atoms with Crippen molar-refractivity contribution in [3.8, 4) is 11.5 Å². The average Bonchev–Trinajstić information content (AvgIpc) is 3.08. The number of hydrogen-bond acceptors (Lipinski definition) is 4. The molecule has 0 radical (unpaired) electrons. The van der Waals surface area contributed by atoms with Gasteiger partial charge >= 0.3 is 0 Å². The minimum atomic E-state index is -0.0815. The van der Waals surface area contributed by atoms with Crippen LogP contribution in [0.25, 0.3) is 6.08 Å². The third kappa shape index (κ3) is 5.48. The maximum atomic E-state index is 13.1. The van der Waals surface area contributed by atoms with Crippen LogP contribution in [0.4, 0.5) is 0 Å². The van der Waals surface area contributed by atoms with Crippen molar-refractivity contribution >= 4 is 68.4 Å². The Hall–Kier alpha value is -1.80. The van der Waals surface area contributed by atoms with Crippen LogP contribution in [0.15, 0.2) is 40.5 Å². The Morgan fingerprint density at radius 1 is 1.18 bits per heavy atom. The number of nitrogens with one attached hydrogen (secondary N) is 1. The van der Waals surface area contributed by atoms with Crippen molar-refractivity contribution in [2.24, 2.45) is 0 Å². The number of ether oxygens (including phenoxy) is 2. The molecule has 1 aliphatic heterocycles. The van der Waals surface area contributed by atoms with E-state index in [1.807, 2.05) is 18.2 Å². The number of methoxy groups -OCH3 is 1. The average molecular weight is 570 g/mol. The van der Waals surface area contributed by atoms with Crippen LogP contribution in [0.5, 0.6) is 11.5 Å². The summed E-state index contributed by atoms with van der Waals surface area (Å²) in [6.45, 7) is 0.289. The third-order valence-corrected chi connectivity index (χ3v) is 7.41. The summed E-state index contributed by atoms with van der Waals surface area (Å²) < 4.78 is 12.2. The van der Waals surface area contributed by atoms with Gasteiger partial charge in [0.15, 0.2) is 16.6 Å². The van der Waals surface area contributed by atoms with Crippen molar-refractivity contribution in [1.29, 1.82) is 0 Å². The van der Waals surface area contributed by atoms with Gasteiger partial charge in [0.1, 0.15) is 12.3 Å². The fourth-order valence-electron chi connectivity index (χ4n) is 4.13. The quantitative estimate of drug-likeness (QED) is 0.308. The summed E-state index contributed by atoms with van der Waals surface area (Å²) in [6.07, 6.45) is 7.24. The molecule has 0 spiro atoms. The molecule has 2 aromatic carbocycles. The lowest BCUT2D eigenvalue weighted by molar-refractivity contribution is -0.124. The van der Waals surface area contributed by atoms with E-state index in [1.54, 1.807) is 30.2 Å². The number of thiocarbonyl (C=S) groups is 1. The maximum Gasteiger partial charge on any atom is 0.276 e. The molecule has 4 rings (SSSR count). The fourth-order valence-corrected chi connectivity index (χ4v) is 5.37. The molecular weight excluding hydrogens is 547 g/mol. The zero-order valence-electron chi connectivity index (χ0n) is 18.0. The van der Waals surface area contributed by atoms with Crippen LogP contribution in [0.3, 0.4) is 0 Å². The summed E-state index contributed by atoms with van der Waals surface area (Å²) >= 11 is 21.1. The Bertz CT molecular complexity index is 1120. The Kier molecular flexibility index (Phi) is 7.84. The Morgan fingerprint density at radius 3 is 2.64 bits per heavy atom. The molecule has 0 atom stereocenters. The lowest BCUT2D eigenvalue weighted by Crippen LogP contribution is -2.41. The van der Waals surface area contributed by atoms with E-state index in [9.17, 15) is 4.79 Å². The minimum absolute atomic E-state index is 0.0815. The molecule has 33 heavy (non-hydrogen) atoms. The highest BCUT2D eigenvalue weighted by atomic mass is 79.9. The number of carbonyl (C=O) groups is 1. The molecular formula is C24H23BrCl2N2O3S. The van der Waals surface area contributed by atoms with Gasteiger partial charge in [-0.05, 0) is 82.5 Å². The molecule has 1 saturated carbocycles. The predicted octanol–water partition coefficient (Wildman–Crippen LogP) is 6.73. The zero-order valence-corrected chi connectivity index (χ0v) is 21.9. The largest absolute Gasteiger partial charge is 0.493 e. The van der Waals surface area contributed by atoms with Gasteiger partial charge in [0.05, 0.1) is 21.6 Å². The smallest absolute Gasteiger partial charge is 0.276 e. The molecule has 1 N–H and O–H groups in total. The van der Waals surface area contributed by atoms with E-state index in [0.29, 0.717) is 36.8 Å². The van der Waals surface area contributed by atoms with E-state index in [1.165, 1.54) is 6.42 Å². The first-order chi connectivity index (χ1) is 15.9. The van der Waals surface area contributed by atoms with E-state index in [0.717, 1.165) is 36.8 Å². The van der Waals surface area contributed by atoms with Gasteiger partial charge in [-0.2, -0.15) is 0 Å². The van der Waals surface area contributed by atoms with Crippen LogP contribution in [-0.2, 0) is 11.4 Å². The van der Waals surface area contributed by atoms with E-state index in [-0.39, 0.29) is 18.6 Å². The van der Waals surface area contributed by atoms with Gasteiger partial charge in [-0.1, -0.05) is 48.5 Å². The summed E-state index contributed by atoms with van der Waals surface area (Å²) in [5.41, 5.74) is 2.12. The van der Waals surface area contributed by atoms with Crippen LogP contribution in [0.2, 0.25) is 10.0 Å². The van der Waals surface area contributed by atoms with Crippen molar-refractivity contribution < 1.29 is 14.3 Å². The van der Waals surface area contributed by atoms with Crippen molar-refractivity contribution in [2.45, 2.75) is 44.8 Å². The number of nitrogens with zero attached hydrogens (tertiary/aromatic N) is 1. The second-order valence-corrected chi connectivity index (χ2v) is 10.1. The SMILES string of the molecule is COc1cc(/C=C2\NC(=S)N(C3CCCCC3)C2=O)cc(Br)c1OCc1ccc(Cl)c(Cl)c1. The van der Waals surface area contributed by atoms with Gasteiger partial charge in [0, 0.05) is 6.04 Å². The lowest BCUT2D eigenvalue weighted by Gasteiger charge is -2.29. The molecule has 0 bridgehead atoms. The molecule has 1 saturated heterocycles. The van der Waals surface area contributed by atoms with E-state index in [2.05, 4.69) is 21.2 Å². The minimum Gasteiger partial charge on any atom is -0.493 e. The number of carbonyl (C=O) groups excluding carboxylic acids is 1. The predicted molar refractivity (Wildman–Crippen MR) is 139 cm³/mol. The Labute approximate surface area is 217 Å². The molecule has 2 fully saturated rings. The highest BCUT2D eigenvalue weighted by Gasteiger charge is 2.36. The Morgan fingerprint density at radius 2 is 1.94 bits per heavy atom. The highest BCUT2D eigenvalue weighted by molar-refractivity contribution is 9.10. The van der Waals surface area contributed by atoms with Gasteiger partial charge in [0.25, 0.3) is 5.91 Å². The first-order valence-corrected chi connectivity index (χ1v) is 12.6. The van der Waals surface area contributed by atoms with Gasteiger partial charge in [-0.3, -0.25) is 9.69 Å². The number of rotatable bonds is 6. The molecule has 0 unspecified atom stereocenters. The maximum absolute atomic E-state index is 13.1. The van der Waals surface area contributed by atoms with Crippen molar-refractivity contribution in [2.75, 3.05) is 7.11 Å². The monoisotopic (exact) mass is 568 g/mol. The Balaban J connectivity index is 1.53. The molecule has 1 heterocycles. The summed E-state index contributed by atoms with van der Waals surface area (Å²) in [7, 11) is 1.57. The molecule has 2 aliphatic rings. The van der Waals surface area contributed by atoms with E-state index >= 15 is 0 Å². The second-order valence-electron chi connectivity index (χ2n) is 8.03.